The number of dihydropyridines is 1. The Labute approximate surface area is 309 Å². The first-order valence-corrected chi connectivity index (χ1v) is 18.5. The van der Waals surface area contributed by atoms with E-state index in [0.717, 1.165) is 87.8 Å². The Kier molecular flexibility index (Phi) is 6.72. The molecule has 2 aliphatic carbocycles. The quantitative estimate of drug-likeness (QED) is 0.204. The first kappa shape index (κ1) is 30.2. The summed E-state index contributed by atoms with van der Waals surface area (Å²) < 4.78 is 20.4. The summed E-state index contributed by atoms with van der Waals surface area (Å²) in [7, 11) is 0. The van der Waals surface area contributed by atoms with E-state index < -0.39 is 5.41 Å². The van der Waals surface area contributed by atoms with Crippen molar-refractivity contribution in [2.45, 2.75) is 30.1 Å². The van der Waals surface area contributed by atoms with Crippen LogP contribution in [0.3, 0.4) is 0 Å². The Morgan fingerprint density at radius 1 is 0.566 bits per heavy atom. The SMILES string of the molecule is C1=CC2=C(NC1)N(c1ccccc1)C1=C(CC(c3ccc4c(c3)Oc3ccccc3C43C4=C(CC(c5ccccc5)C=C4)Oc4ccccc43)C=C1)O2. The monoisotopic (exact) mass is 688 g/mol. The highest BCUT2D eigenvalue weighted by atomic mass is 16.5. The van der Waals surface area contributed by atoms with Crippen molar-refractivity contribution in [3.05, 3.63) is 226 Å². The number of hydrogen-bond donors (Lipinski definition) is 1. The number of fused-ring (bicyclic) bond motifs is 7. The zero-order valence-corrected chi connectivity index (χ0v) is 29.0. The Hall–Kier alpha value is -6.46. The van der Waals surface area contributed by atoms with E-state index in [1.807, 2.05) is 0 Å². The van der Waals surface area contributed by atoms with Crippen LogP contribution in [0.5, 0.6) is 17.2 Å². The van der Waals surface area contributed by atoms with Gasteiger partial charge in [-0.25, -0.2) is 0 Å². The second kappa shape index (κ2) is 11.8. The summed E-state index contributed by atoms with van der Waals surface area (Å²) >= 11 is 0. The minimum absolute atomic E-state index is 0.106. The molecule has 5 aromatic carbocycles. The molecule has 0 aromatic heterocycles. The van der Waals surface area contributed by atoms with Gasteiger partial charge in [0, 0.05) is 59.2 Å². The number of ether oxygens (including phenoxy) is 3. The summed E-state index contributed by atoms with van der Waals surface area (Å²) in [5, 5.41) is 3.55. The van der Waals surface area contributed by atoms with Gasteiger partial charge in [-0.2, -0.15) is 0 Å². The first-order valence-electron chi connectivity index (χ1n) is 18.5. The molecule has 1 N–H and O–H groups in total. The van der Waals surface area contributed by atoms with Crippen LogP contribution in [0.4, 0.5) is 5.69 Å². The van der Waals surface area contributed by atoms with Gasteiger partial charge >= 0.3 is 0 Å². The molecule has 0 amide bonds. The van der Waals surface area contributed by atoms with Crippen molar-refractivity contribution in [2.24, 2.45) is 0 Å². The molecule has 6 aliphatic rings. The average molecular weight is 689 g/mol. The molecule has 0 bridgehead atoms. The van der Waals surface area contributed by atoms with E-state index in [1.165, 1.54) is 16.7 Å². The number of nitrogens with zero attached hydrogens (tertiary/aromatic N) is 1. The molecule has 0 fully saturated rings. The normalized spacial score (nSPS) is 23.1. The number of allylic oxidation sites excluding steroid dienone is 8. The van der Waals surface area contributed by atoms with Crippen LogP contribution in [-0.2, 0) is 10.2 Å². The zero-order chi connectivity index (χ0) is 34.9. The molecule has 3 unspecified atom stereocenters. The molecule has 5 aromatic rings. The number of nitrogens with one attached hydrogen (secondary N) is 1. The van der Waals surface area contributed by atoms with Gasteiger partial charge in [-0.15, -0.1) is 0 Å². The zero-order valence-electron chi connectivity index (χ0n) is 29.0. The van der Waals surface area contributed by atoms with E-state index in [-0.39, 0.29) is 11.8 Å². The summed E-state index contributed by atoms with van der Waals surface area (Å²) in [6.07, 6.45) is 14.9. The summed E-state index contributed by atoms with van der Waals surface area (Å²) in [5.74, 6) is 6.77. The van der Waals surface area contributed by atoms with Gasteiger partial charge in [0.15, 0.2) is 11.6 Å². The van der Waals surface area contributed by atoms with Crippen molar-refractivity contribution in [2.75, 3.05) is 11.4 Å². The minimum Gasteiger partial charge on any atom is -0.461 e. The minimum atomic E-state index is -0.602. The predicted octanol–water partition coefficient (Wildman–Crippen LogP) is 10.6. The van der Waals surface area contributed by atoms with E-state index >= 15 is 0 Å². The number of rotatable bonds is 3. The van der Waals surface area contributed by atoms with Crippen molar-refractivity contribution >= 4 is 5.69 Å². The highest BCUT2D eigenvalue weighted by molar-refractivity contribution is 5.75. The fourth-order valence-corrected chi connectivity index (χ4v) is 9.11. The van der Waals surface area contributed by atoms with Gasteiger partial charge in [-0.1, -0.05) is 121 Å². The molecular weight excluding hydrogens is 653 g/mol. The van der Waals surface area contributed by atoms with Crippen molar-refractivity contribution in [1.82, 2.24) is 5.32 Å². The van der Waals surface area contributed by atoms with Crippen molar-refractivity contribution < 1.29 is 14.2 Å². The summed E-state index contributed by atoms with van der Waals surface area (Å²) in [5.41, 5.74) is 8.61. The van der Waals surface area contributed by atoms with Crippen LogP contribution in [0.15, 0.2) is 198 Å². The molecule has 0 radical (unpaired) electrons. The van der Waals surface area contributed by atoms with Crippen LogP contribution in [0, 0.1) is 0 Å². The molecule has 0 saturated heterocycles. The van der Waals surface area contributed by atoms with Crippen LogP contribution >= 0.6 is 0 Å². The Morgan fingerprint density at radius 3 is 2.04 bits per heavy atom. The van der Waals surface area contributed by atoms with Gasteiger partial charge in [0.1, 0.15) is 28.8 Å². The van der Waals surface area contributed by atoms with Gasteiger partial charge in [0.2, 0.25) is 0 Å². The Balaban J connectivity index is 1.02. The lowest BCUT2D eigenvalue weighted by molar-refractivity contribution is 0.275. The maximum absolute atomic E-state index is 6.89. The van der Waals surface area contributed by atoms with Gasteiger partial charge in [-0.3, -0.25) is 4.90 Å². The molecule has 0 saturated carbocycles. The summed E-state index contributed by atoms with van der Waals surface area (Å²) in [6, 6.07) is 45.2. The first-order chi connectivity index (χ1) is 26.3. The van der Waals surface area contributed by atoms with E-state index in [0.29, 0.717) is 0 Å². The van der Waals surface area contributed by atoms with Crippen LogP contribution in [0.1, 0.15) is 52.5 Å². The molecule has 1 spiro atoms. The second-order valence-electron chi connectivity index (χ2n) is 14.4. The molecule has 5 heteroatoms. The highest BCUT2D eigenvalue weighted by Gasteiger charge is 2.52. The molecule has 11 rings (SSSR count). The van der Waals surface area contributed by atoms with Gasteiger partial charge in [0.25, 0.3) is 0 Å². The van der Waals surface area contributed by atoms with E-state index in [4.69, 9.17) is 14.2 Å². The van der Waals surface area contributed by atoms with Gasteiger partial charge in [0.05, 0.1) is 11.1 Å². The standard InChI is InChI=1S/C48H36N2O3/c1-3-12-31(13-4-1)32-21-24-38-44(28-32)51-41-18-9-7-16-36(41)48(38)37-17-8-10-19-42(37)52-45-29-33(22-25-39(45)48)34-23-26-40-46(30-34)53-43-20-11-27-49-47(43)50(40)35-14-5-2-6-15-35/h1-26,29,32,34,49H,27-28,30H2. The summed E-state index contributed by atoms with van der Waals surface area (Å²) in [6.45, 7) is 0.763. The molecule has 256 valence electrons. The molecule has 4 heterocycles. The molecule has 53 heavy (non-hydrogen) atoms. The number of hydrogen-bond acceptors (Lipinski definition) is 5. The lowest BCUT2D eigenvalue weighted by Crippen LogP contribution is -2.39. The largest absolute Gasteiger partial charge is 0.461 e. The van der Waals surface area contributed by atoms with Gasteiger partial charge in [-0.05, 0) is 53.6 Å². The summed E-state index contributed by atoms with van der Waals surface area (Å²) in [4.78, 5) is 2.29. The van der Waals surface area contributed by atoms with Crippen molar-refractivity contribution in [3.63, 3.8) is 0 Å². The number of anilines is 1. The average Bonchev–Trinajstić information content (AvgIpc) is 3.22. The van der Waals surface area contributed by atoms with Crippen LogP contribution in [0.25, 0.3) is 0 Å². The lowest BCUT2D eigenvalue weighted by atomic mass is 9.60. The predicted molar refractivity (Wildman–Crippen MR) is 208 cm³/mol. The molecule has 5 nitrogen and oxygen atoms in total. The number of para-hydroxylation sites is 3. The van der Waals surface area contributed by atoms with E-state index in [2.05, 4.69) is 174 Å². The van der Waals surface area contributed by atoms with Crippen molar-refractivity contribution in [3.8, 4) is 17.2 Å². The van der Waals surface area contributed by atoms with Gasteiger partial charge < -0.3 is 19.5 Å². The topological polar surface area (TPSA) is 43.0 Å². The second-order valence-corrected chi connectivity index (χ2v) is 14.4. The third-order valence-corrected chi connectivity index (χ3v) is 11.5. The number of benzene rings is 5. The fourth-order valence-electron chi connectivity index (χ4n) is 9.11. The Bertz CT molecular complexity index is 2510. The molecule has 4 aliphatic heterocycles. The fraction of sp³-hybridized carbons (Fsp3) is 0.125. The van der Waals surface area contributed by atoms with Crippen LogP contribution in [0.2, 0.25) is 0 Å². The third-order valence-electron chi connectivity index (χ3n) is 11.5. The smallest absolute Gasteiger partial charge is 0.167 e. The highest BCUT2D eigenvalue weighted by Crippen LogP contribution is 2.61. The van der Waals surface area contributed by atoms with Crippen LogP contribution in [-0.4, -0.2) is 6.54 Å². The van der Waals surface area contributed by atoms with E-state index in [9.17, 15) is 0 Å². The van der Waals surface area contributed by atoms with E-state index in [1.54, 1.807) is 0 Å². The maximum Gasteiger partial charge on any atom is 0.167 e. The molecule has 3 atom stereocenters. The third kappa shape index (κ3) is 4.56. The van der Waals surface area contributed by atoms with Crippen LogP contribution < -0.4 is 19.7 Å². The molecular formula is C48H36N2O3. The maximum atomic E-state index is 6.89. The Morgan fingerprint density at radius 2 is 1.23 bits per heavy atom. The lowest BCUT2D eigenvalue weighted by Gasteiger charge is -2.46. The van der Waals surface area contributed by atoms with Crippen molar-refractivity contribution in [1.29, 1.82) is 0 Å².